The summed E-state index contributed by atoms with van der Waals surface area (Å²) in [6.45, 7) is -0.231. The smallest absolute Gasteiger partial charge is 0.340 e. The van der Waals surface area contributed by atoms with E-state index >= 15 is 0 Å². The molecule has 9 heteroatoms. The van der Waals surface area contributed by atoms with Crippen LogP contribution in [0.2, 0.25) is 0 Å². The minimum Gasteiger partial charge on any atom is -0.465 e. The molecule has 2 aromatic carbocycles. The van der Waals surface area contributed by atoms with Gasteiger partial charge in [-0.1, -0.05) is 17.3 Å². The van der Waals surface area contributed by atoms with Crippen LogP contribution < -0.4 is 5.32 Å². The van der Waals surface area contributed by atoms with E-state index in [2.05, 4.69) is 20.4 Å². The van der Waals surface area contributed by atoms with Crippen molar-refractivity contribution in [2.24, 2.45) is 0 Å². The molecule has 1 amide bonds. The Morgan fingerprint density at radius 2 is 1.96 bits per heavy atom. The van der Waals surface area contributed by atoms with Crippen molar-refractivity contribution in [3.8, 4) is 0 Å². The Hall–Kier alpha value is -3.36. The third-order valence-electron chi connectivity index (χ3n) is 3.45. The first-order chi connectivity index (χ1) is 12.0. The van der Waals surface area contributed by atoms with E-state index in [4.69, 9.17) is 0 Å². The minimum absolute atomic E-state index is 0.231. The molecular weight excluding hydrogens is 334 g/mol. The first-order valence-electron chi connectivity index (χ1n) is 7.15. The quantitative estimate of drug-likeness (QED) is 0.732. The second kappa shape index (κ2) is 6.63. The molecule has 3 rings (SSSR count). The topological polar surface area (TPSA) is 86.1 Å². The van der Waals surface area contributed by atoms with Gasteiger partial charge in [0.05, 0.1) is 23.9 Å². The number of hydrogen-bond donors (Lipinski definition) is 1. The third-order valence-corrected chi connectivity index (χ3v) is 3.45. The number of nitrogens with zero attached hydrogens (tertiary/aromatic N) is 3. The number of amides is 1. The van der Waals surface area contributed by atoms with Crippen molar-refractivity contribution < 1.29 is 23.1 Å². The predicted octanol–water partition coefficient (Wildman–Crippen LogP) is 2.13. The van der Waals surface area contributed by atoms with Gasteiger partial charge in [0.1, 0.15) is 23.7 Å². The molecule has 0 unspecified atom stereocenters. The van der Waals surface area contributed by atoms with E-state index in [1.165, 1.54) is 4.68 Å². The molecule has 0 aliphatic rings. The summed E-state index contributed by atoms with van der Waals surface area (Å²) in [4.78, 5) is 23.6. The zero-order chi connectivity index (χ0) is 18.0. The average molecular weight is 346 g/mol. The number of anilines is 1. The molecule has 0 bridgehead atoms. The van der Waals surface area contributed by atoms with Crippen LogP contribution in [0, 0.1) is 11.6 Å². The SMILES string of the molecule is COC(=O)c1cc(NC(=O)Cn2nnc3ccccc32)c(F)cc1F. The summed E-state index contributed by atoms with van der Waals surface area (Å²) >= 11 is 0. The monoisotopic (exact) mass is 346 g/mol. The van der Waals surface area contributed by atoms with Crippen LogP contribution in [0.5, 0.6) is 0 Å². The summed E-state index contributed by atoms with van der Waals surface area (Å²) < 4.78 is 33.2. The number of ether oxygens (including phenoxy) is 1. The summed E-state index contributed by atoms with van der Waals surface area (Å²) in [7, 11) is 1.07. The van der Waals surface area contributed by atoms with Crippen LogP contribution in [0.1, 0.15) is 10.4 Å². The second-order valence-corrected chi connectivity index (χ2v) is 5.09. The summed E-state index contributed by atoms with van der Waals surface area (Å²) in [6, 6.07) is 8.40. The highest BCUT2D eigenvalue weighted by Gasteiger charge is 2.18. The molecule has 1 aromatic heterocycles. The average Bonchev–Trinajstić information content (AvgIpc) is 2.99. The van der Waals surface area contributed by atoms with Crippen molar-refractivity contribution >= 4 is 28.6 Å². The van der Waals surface area contributed by atoms with E-state index in [9.17, 15) is 18.4 Å². The predicted molar refractivity (Wildman–Crippen MR) is 83.9 cm³/mol. The van der Waals surface area contributed by atoms with Gasteiger partial charge in [0.15, 0.2) is 0 Å². The molecule has 1 heterocycles. The largest absolute Gasteiger partial charge is 0.465 e. The summed E-state index contributed by atoms with van der Waals surface area (Å²) in [5.74, 6) is -3.68. The maximum Gasteiger partial charge on any atom is 0.340 e. The molecule has 0 atom stereocenters. The molecule has 128 valence electrons. The van der Waals surface area contributed by atoms with E-state index in [0.717, 1.165) is 13.2 Å². The number of aromatic nitrogens is 3. The van der Waals surface area contributed by atoms with Crippen LogP contribution in [0.3, 0.4) is 0 Å². The molecule has 0 aliphatic heterocycles. The summed E-state index contributed by atoms with van der Waals surface area (Å²) in [5, 5.41) is 10.0. The lowest BCUT2D eigenvalue weighted by molar-refractivity contribution is -0.116. The van der Waals surface area contributed by atoms with Gasteiger partial charge < -0.3 is 10.1 Å². The number of methoxy groups -OCH3 is 1. The Balaban J connectivity index is 1.82. The Kier molecular flexibility index (Phi) is 4.38. The van der Waals surface area contributed by atoms with E-state index in [0.29, 0.717) is 17.1 Å². The van der Waals surface area contributed by atoms with Crippen LogP contribution in [0.25, 0.3) is 11.0 Å². The van der Waals surface area contributed by atoms with Gasteiger partial charge in [-0.25, -0.2) is 18.3 Å². The van der Waals surface area contributed by atoms with Gasteiger partial charge in [0, 0.05) is 6.07 Å². The summed E-state index contributed by atoms with van der Waals surface area (Å²) in [5.41, 5.74) is 0.422. The van der Waals surface area contributed by atoms with Crippen molar-refractivity contribution in [1.82, 2.24) is 15.0 Å². The van der Waals surface area contributed by atoms with Gasteiger partial charge in [-0.05, 0) is 18.2 Å². The van der Waals surface area contributed by atoms with Gasteiger partial charge in [-0.15, -0.1) is 5.10 Å². The number of benzene rings is 2. The molecule has 0 saturated heterocycles. The minimum atomic E-state index is -1.08. The van der Waals surface area contributed by atoms with E-state index in [1.54, 1.807) is 24.3 Å². The van der Waals surface area contributed by atoms with Gasteiger partial charge in [0.2, 0.25) is 5.91 Å². The molecule has 25 heavy (non-hydrogen) atoms. The number of hydrogen-bond acceptors (Lipinski definition) is 5. The highest BCUT2D eigenvalue weighted by Crippen LogP contribution is 2.20. The molecule has 1 N–H and O–H groups in total. The first kappa shape index (κ1) is 16.5. The van der Waals surface area contributed by atoms with Crippen LogP contribution >= 0.6 is 0 Å². The molecular formula is C16H12F2N4O3. The highest BCUT2D eigenvalue weighted by atomic mass is 19.1. The third kappa shape index (κ3) is 3.30. The van der Waals surface area contributed by atoms with Crippen molar-refractivity contribution in [1.29, 1.82) is 0 Å². The zero-order valence-electron chi connectivity index (χ0n) is 13.0. The lowest BCUT2D eigenvalue weighted by Gasteiger charge is -2.09. The molecule has 0 aliphatic carbocycles. The number of carbonyl (C=O) groups is 2. The summed E-state index contributed by atoms with van der Waals surface area (Å²) in [6.07, 6.45) is 0. The maximum absolute atomic E-state index is 13.8. The molecule has 0 spiro atoms. The fraction of sp³-hybridized carbons (Fsp3) is 0.125. The highest BCUT2D eigenvalue weighted by molar-refractivity contribution is 5.95. The number of rotatable bonds is 4. The Bertz CT molecular complexity index is 971. The maximum atomic E-state index is 13.8. The van der Waals surface area contributed by atoms with Gasteiger partial charge in [-0.2, -0.15) is 0 Å². The van der Waals surface area contributed by atoms with Crippen molar-refractivity contribution in [2.75, 3.05) is 12.4 Å². The van der Waals surface area contributed by atoms with Crippen LogP contribution in [0.4, 0.5) is 14.5 Å². The van der Waals surface area contributed by atoms with E-state index in [-0.39, 0.29) is 12.2 Å². The van der Waals surface area contributed by atoms with Gasteiger partial charge >= 0.3 is 5.97 Å². The molecule has 0 radical (unpaired) electrons. The Labute approximate surface area is 140 Å². The van der Waals surface area contributed by atoms with Crippen LogP contribution in [-0.2, 0) is 16.1 Å². The van der Waals surface area contributed by atoms with Crippen molar-refractivity contribution in [2.45, 2.75) is 6.54 Å². The normalized spacial score (nSPS) is 10.7. The molecule has 3 aromatic rings. The fourth-order valence-corrected chi connectivity index (χ4v) is 2.27. The molecule has 7 nitrogen and oxygen atoms in total. The van der Waals surface area contributed by atoms with Gasteiger partial charge in [0.25, 0.3) is 0 Å². The first-order valence-corrected chi connectivity index (χ1v) is 7.15. The van der Waals surface area contributed by atoms with Crippen LogP contribution in [-0.4, -0.2) is 34.0 Å². The Morgan fingerprint density at radius 1 is 1.20 bits per heavy atom. The fourth-order valence-electron chi connectivity index (χ4n) is 2.27. The van der Waals surface area contributed by atoms with E-state index < -0.39 is 29.1 Å². The number of nitrogens with one attached hydrogen (secondary N) is 1. The van der Waals surface area contributed by atoms with Gasteiger partial charge in [-0.3, -0.25) is 4.79 Å². The van der Waals surface area contributed by atoms with Crippen LogP contribution in [0.15, 0.2) is 36.4 Å². The van der Waals surface area contributed by atoms with Crippen molar-refractivity contribution in [3.63, 3.8) is 0 Å². The zero-order valence-corrected chi connectivity index (χ0v) is 13.0. The Morgan fingerprint density at radius 3 is 2.72 bits per heavy atom. The number of para-hydroxylation sites is 1. The standard InChI is InChI=1S/C16H12F2N4O3/c1-25-16(24)9-6-13(11(18)7-10(9)17)19-15(23)8-22-14-5-3-2-4-12(14)20-21-22/h2-7H,8H2,1H3,(H,19,23). The lowest BCUT2D eigenvalue weighted by atomic mass is 10.1. The number of esters is 1. The molecule has 0 saturated carbocycles. The number of fused-ring (bicyclic) bond motifs is 1. The van der Waals surface area contributed by atoms with Crippen molar-refractivity contribution in [3.05, 3.63) is 53.6 Å². The number of halogens is 2. The second-order valence-electron chi connectivity index (χ2n) is 5.09. The van der Waals surface area contributed by atoms with E-state index in [1.807, 2.05) is 0 Å². The molecule has 0 fully saturated rings. The lowest BCUT2D eigenvalue weighted by Crippen LogP contribution is -2.20. The number of carbonyl (C=O) groups excluding carboxylic acids is 2.